The first-order valence-corrected chi connectivity index (χ1v) is 12.0. The molecule has 1 heterocycles. The molecule has 2 aliphatic rings. The molecule has 1 amide bonds. The van der Waals surface area contributed by atoms with E-state index in [9.17, 15) is 14.7 Å². The number of aliphatic carboxylic acids is 1. The number of amides is 1. The minimum Gasteiger partial charge on any atom is -0.508 e. The van der Waals surface area contributed by atoms with Crippen molar-refractivity contribution in [3.05, 3.63) is 41.3 Å². The summed E-state index contributed by atoms with van der Waals surface area (Å²) in [5.74, 6) is 0.805. The first kappa shape index (κ1) is 21.9. The summed E-state index contributed by atoms with van der Waals surface area (Å²) in [6.07, 6.45) is 9.17. The second-order valence-electron chi connectivity index (χ2n) is 9.60. The van der Waals surface area contributed by atoms with Crippen LogP contribution in [0.5, 0.6) is 5.75 Å². The Labute approximate surface area is 187 Å². The number of hydrogen-bond donors (Lipinski definition) is 3. The van der Waals surface area contributed by atoms with E-state index in [1.807, 2.05) is 11.4 Å². The Morgan fingerprint density at radius 3 is 2.77 bits per heavy atom. The van der Waals surface area contributed by atoms with E-state index in [2.05, 4.69) is 31.3 Å². The van der Waals surface area contributed by atoms with E-state index in [1.165, 1.54) is 17.8 Å². The van der Waals surface area contributed by atoms with Crippen molar-refractivity contribution in [1.82, 2.24) is 5.32 Å². The van der Waals surface area contributed by atoms with Gasteiger partial charge in [-0.25, -0.2) is 0 Å². The van der Waals surface area contributed by atoms with Gasteiger partial charge in [-0.05, 0) is 73.5 Å². The number of benzene rings is 1. The van der Waals surface area contributed by atoms with Crippen molar-refractivity contribution >= 4 is 33.3 Å². The number of hydrogen-bond acceptors (Lipinski definition) is 4. The normalized spacial score (nSPS) is 26.6. The number of carbonyl (C=O) groups excluding carboxylic acids is 1. The number of thiophene rings is 1. The number of aromatic hydroxyl groups is 1. The van der Waals surface area contributed by atoms with E-state index < -0.39 is 5.97 Å². The van der Waals surface area contributed by atoms with Crippen molar-refractivity contribution in [2.75, 3.05) is 0 Å². The molecule has 0 aliphatic heterocycles. The van der Waals surface area contributed by atoms with Gasteiger partial charge in [0.25, 0.3) is 5.91 Å². The van der Waals surface area contributed by atoms with Gasteiger partial charge in [0.15, 0.2) is 0 Å². The lowest BCUT2D eigenvalue weighted by molar-refractivity contribution is -0.137. The molecule has 0 spiro atoms. The zero-order valence-corrected chi connectivity index (χ0v) is 19.0. The van der Waals surface area contributed by atoms with Gasteiger partial charge in [0.05, 0.1) is 5.56 Å². The van der Waals surface area contributed by atoms with Gasteiger partial charge in [0, 0.05) is 27.9 Å². The van der Waals surface area contributed by atoms with Crippen LogP contribution in [-0.2, 0) is 4.79 Å². The first-order chi connectivity index (χ1) is 14.8. The Bertz CT molecular complexity index is 1010. The Morgan fingerprint density at radius 2 is 2.00 bits per heavy atom. The van der Waals surface area contributed by atoms with E-state index in [-0.39, 0.29) is 29.5 Å². The molecule has 4 unspecified atom stereocenters. The van der Waals surface area contributed by atoms with Gasteiger partial charge in [0.2, 0.25) is 0 Å². The molecule has 5 nitrogen and oxygen atoms in total. The molecule has 2 aromatic rings. The van der Waals surface area contributed by atoms with Crippen LogP contribution in [0, 0.1) is 23.2 Å². The third kappa shape index (κ3) is 4.22. The fourth-order valence-electron chi connectivity index (χ4n) is 6.02. The molecular formula is C25H31NO4S. The summed E-state index contributed by atoms with van der Waals surface area (Å²) in [7, 11) is 0. The maximum Gasteiger partial charge on any atom is 0.303 e. The van der Waals surface area contributed by atoms with Crippen LogP contribution >= 0.6 is 11.3 Å². The Kier molecular flexibility index (Phi) is 6.11. The maximum atomic E-state index is 13.2. The Morgan fingerprint density at radius 1 is 1.23 bits per heavy atom. The summed E-state index contributed by atoms with van der Waals surface area (Å²) in [4.78, 5) is 23.9. The SMILES string of the molecule is CC1(C)C2CCC1C(NC(=O)c1csc3ccc(O)cc13)C2CC=CCCCC(=O)O. The number of phenolic OH excluding ortho intramolecular Hbond substituents is 1. The fraction of sp³-hybridized carbons (Fsp3) is 0.520. The molecule has 0 radical (unpaired) electrons. The summed E-state index contributed by atoms with van der Waals surface area (Å²) < 4.78 is 0.997. The van der Waals surface area contributed by atoms with Gasteiger partial charge in [-0.2, -0.15) is 0 Å². The lowest BCUT2D eigenvalue weighted by Gasteiger charge is -2.31. The largest absolute Gasteiger partial charge is 0.508 e. The third-order valence-electron chi connectivity index (χ3n) is 7.55. The number of carboxylic acid groups (broad SMARTS) is 1. The van der Waals surface area contributed by atoms with Crippen LogP contribution < -0.4 is 5.32 Å². The van der Waals surface area contributed by atoms with Gasteiger partial charge in [-0.15, -0.1) is 11.3 Å². The van der Waals surface area contributed by atoms with Crippen LogP contribution in [0.2, 0.25) is 0 Å². The average Bonchev–Trinajstić information content (AvgIpc) is 3.31. The Hall–Kier alpha value is -2.34. The summed E-state index contributed by atoms with van der Waals surface area (Å²) in [6.45, 7) is 4.67. The highest BCUT2D eigenvalue weighted by atomic mass is 32.1. The molecule has 4 atom stereocenters. The monoisotopic (exact) mass is 441 g/mol. The van der Waals surface area contributed by atoms with E-state index in [4.69, 9.17) is 5.11 Å². The number of carboxylic acids is 1. The fourth-order valence-corrected chi connectivity index (χ4v) is 6.94. The van der Waals surface area contributed by atoms with Crippen molar-refractivity contribution in [3.63, 3.8) is 0 Å². The number of rotatable bonds is 8. The van der Waals surface area contributed by atoms with Crippen LogP contribution in [0.1, 0.15) is 62.7 Å². The van der Waals surface area contributed by atoms with Crippen molar-refractivity contribution in [2.24, 2.45) is 23.2 Å². The molecular weight excluding hydrogens is 410 g/mol. The first-order valence-electron chi connectivity index (χ1n) is 11.2. The van der Waals surface area contributed by atoms with E-state index in [1.54, 1.807) is 12.1 Å². The highest BCUT2D eigenvalue weighted by Crippen LogP contribution is 2.61. The van der Waals surface area contributed by atoms with Gasteiger partial charge in [0.1, 0.15) is 5.75 Å². The molecule has 2 saturated carbocycles. The number of allylic oxidation sites excluding steroid dienone is 2. The van der Waals surface area contributed by atoms with Crippen molar-refractivity contribution in [3.8, 4) is 5.75 Å². The highest BCUT2D eigenvalue weighted by Gasteiger charge is 2.58. The second kappa shape index (κ2) is 8.65. The standard InChI is InChI=1S/C25H31NO4S/c1-25(2)19-10-11-20(25)23(16(19)7-5-3-4-6-8-22(28)29)26-24(30)18-14-31-21-12-9-15(27)13-17(18)21/h3,5,9,12-14,16,19-20,23,27H,4,6-8,10-11H2,1-2H3,(H,26,30)(H,28,29). The second-order valence-corrected chi connectivity index (χ2v) is 10.5. The molecule has 3 N–H and O–H groups in total. The molecule has 2 bridgehead atoms. The van der Waals surface area contributed by atoms with Gasteiger partial charge < -0.3 is 15.5 Å². The van der Waals surface area contributed by atoms with Crippen molar-refractivity contribution in [1.29, 1.82) is 0 Å². The number of nitrogens with one attached hydrogen (secondary N) is 1. The van der Waals surface area contributed by atoms with Crippen LogP contribution in [0.25, 0.3) is 10.1 Å². The summed E-state index contributed by atoms with van der Waals surface area (Å²) in [5, 5.41) is 24.7. The zero-order chi connectivity index (χ0) is 22.2. The molecule has 4 rings (SSSR count). The molecule has 31 heavy (non-hydrogen) atoms. The van der Waals surface area contributed by atoms with Crippen molar-refractivity contribution in [2.45, 2.75) is 58.4 Å². The number of phenols is 1. The number of carbonyl (C=O) groups is 2. The predicted octanol–water partition coefficient (Wildman–Crippen LogP) is 5.59. The quantitative estimate of drug-likeness (QED) is 0.368. The molecule has 1 aromatic carbocycles. The lowest BCUT2D eigenvalue weighted by atomic mass is 9.79. The highest BCUT2D eigenvalue weighted by molar-refractivity contribution is 7.17. The topological polar surface area (TPSA) is 86.6 Å². The third-order valence-corrected chi connectivity index (χ3v) is 8.51. The van der Waals surface area contributed by atoms with Gasteiger partial charge in [-0.3, -0.25) is 9.59 Å². The van der Waals surface area contributed by atoms with Crippen LogP contribution in [-0.4, -0.2) is 28.1 Å². The van der Waals surface area contributed by atoms with Gasteiger partial charge >= 0.3 is 5.97 Å². The summed E-state index contributed by atoms with van der Waals surface area (Å²) >= 11 is 1.52. The predicted molar refractivity (Wildman–Crippen MR) is 123 cm³/mol. The molecule has 1 aromatic heterocycles. The van der Waals surface area contributed by atoms with E-state index >= 15 is 0 Å². The summed E-state index contributed by atoms with van der Waals surface area (Å²) in [5.41, 5.74) is 0.841. The minimum absolute atomic E-state index is 0.0550. The molecule has 6 heteroatoms. The minimum atomic E-state index is -0.750. The average molecular weight is 442 g/mol. The van der Waals surface area contributed by atoms with Crippen LogP contribution in [0.4, 0.5) is 0 Å². The van der Waals surface area contributed by atoms with Gasteiger partial charge in [-0.1, -0.05) is 26.0 Å². The molecule has 0 saturated heterocycles. The molecule has 2 fully saturated rings. The van der Waals surface area contributed by atoms with Crippen LogP contribution in [0.15, 0.2) is 35.7 Å². The summed E-state index contributed by atoms with van der Waals surface area (Å²) in [6, 6.07) is 5.31. The zero-order valence-electron chi connectivity index (χ0n) is 18.1. The maximum absolute atomic E-state index is 13.2. The lowest BCUT2D eigenvalue weighted by Crippen LogP contribution is -2.44. The number of fused-ring (bicyclic) bond motifs is 3. The Balaban J connectivity index is 1.48. The smallest absolute Gasteiger partial charge is 0.303 e. The van der Waals surface area contributed by atoms with E-state index in [0.29, 0.717) is 29.7 Å². The molecule has 166 valence electrons. The van der Waals surface area contributed by atoms with E-state index in [0.717, 1.165) is 29.3 Å². The van der Waals surface area contributed by atoms with Crippen LogP contribution in [0.3, 0.4) is 0 Å². The number of unbranched alkanes of at least 4 members (excludes halogenated alkanes) is 1. The molecule has 2 aliphatic carbocycles. The van der Waals surface area contributed by atoms with Crippen molar-refractivity contribution < 1.29 is 19.8 Å².